The van der Waals surface area contributed by atoms with E-state index in [0.29, 0.717) is 0 Å². The van der Waals surface area contributed by atoms with E-state index in [4.69, 9.17) is 0 Å². The molecule has 5 heteroatoms. The van der Waals surface area contributed by atoms with Gasteiger partial charge in [0, 0.05) is 5.69 Å². The van der Waals surface area contributed by atoms with Crippen LogP contribution in [0.3, 0.4) is 0 Å². The first-order valence-corrected chi connectivity index (χ1v) is 4.04. The lowest BCUT2D eigenvalue weighted by Gasteiger charge is -2.08. The van der Waals surface area contributed by atoms with Crippen molar-refractivity contribution < 1.29 is 4.79 Å². The van der Waals surface area contributed by atoms with Crippen LogP contribution in [0.4, 0.5) is 10.5 Å². The van der Waals surface area contributed by atoms with Crippen molar-refractivity contribution in [1.82, 2.24) is 3.71 Å². The molecule has 1 rings (SSSR count). The highest BCUT2D eigenvalue weighted by Gasteiger charge is 2.03. The summed E-state index contributed by atoms with van der Waals surface area (Å²) in [6, 6.07) is 8.71. The zero-order chi connectivity index (χ0) is 8.97. The zero-order valence-corrected chi connectivity index (χ0v) is 7.93. The molecule has 2 amide bonds. The van der Waals surface area contributed by atoms with Crippen molar-refractivity contribution in [3.8, 4) is 0 Å². The number of carbonyl (C=O) groups excluding carboxylic acids is 1. The summed E-state index contributed by atoms with van der Waals surface area (Å²) in [4.78, 5) is 11.0. The van der Waals surface area contributed by atoms with E-state index in [1.54, 1.807) is 12.1 Å². The predicted octanol–water partition coefficient (Wildman–Crippen LogP) is 2.21. The van der Waals surface area contributed by atoms with Gasteiger partial charge in [-0.15, -0.1) is 0 Å². The molecule has 3 nitrogen and oxygen atoms in total. The van der Waals surface area contributed by atoms with Crippen molar-refractivity contribution in [2.24, 2.45) is 0 Å². The number of rotatable bonds is 1. The average molecular weight is 200 g/mol. The fourth-order valence-corrected chi connectivity index (χ4v) is 0.795. The molecule has 0 bridgehead atoms. The maximum absolute atomic E-state index is 11.0. The molecule has 0 saturated heterocycles. The van der Waals surface area contributed by atoms with E-state index in [0.717, 1.165) is 9.40 Å². The Morgan fingerprint density at radius 2 is 1.83 bits per heavy atom. The number of benzene rings is 1. The molecule has 0 unspecified atom stereocenters. The zero-order valence-electron chi connectivity index (χ0n) is 6.14. The molecule has 0 aliphatic rings. The van der Waals surface area contributed by atoms with Crippen LogP contribution in [0.25, 0.3) is 0 Å². The van der Waals surface area contributed by atoms with Gasteiger partial charge in [0.25, 0.3) is 0 Å². The van der Waals surface area contributed by atoms with Gasteiger partial charge in [0.15, 0.2) is 0 Å². The van der Waals surface area contributed by atoms with Crippen LogP contribution in [0.2, 0.25) is 0 Å². The van der Waals surface area contributed by atoms with Crippen molar-refractivity contribution in [3.63, 3.8) is 0 Å². The van der Waals surface area contributed by atoms with E-state index in [1.807, 2.05) is 18.2 Å². The van der Waals surface area contributed by atoms with Crippen LogP contribution in [-0.4, -0.2) is 9.74 Å². The summed E-state index contributed by atoms with van der Waals surface area (Å²) in [6.45, 7) is 0. The summed E-state index contributed by atoms with van der Waals surface area (Å²) in [6.07, 6.45) is 0. The van der Waals surface area contributed by atoms with E-state index in [-0.39, 0.29) is 6.03 Å². The lowest BCUT2D eigenvalue weighted by Crippen LogP contribution is -2.19. The number of amides is 2. The molecule has 64 valence electrons. The second-order valence-corrected chi connectivity index (χ2v) is 3.20. The Balaban J connectivity index is 2.59. The Labute approximate surface area is 81.8 Å². The van der Waals surface area contributed by atoms with E-state index in [9.17, 15) is 4.79 Å². The minimum atomic E-state index is -0.382. The van der Waals surface area contributed by atoms with Crippen LogP contribution < -0.4 is 5.32 Å². The first kappa shape index (κ1) is 9.28. The first-order valence-electron chi connectivity index (χ1n) is 3.24. The SMILES string of the molecule is O=C(Nc1ccccc1)N(S)S. The molecule has 1 aromatic carbocycles. The van der Waals surface area contributed by atoms with Gasteiger partial charge in [0.2, 0.25) is 0 Å². The number of para-hydroxylation sites is 1. The lowest BCUT2D eigenvalue weighted by atomic mass is 10.3. The maximum Gasteiger partial charge on any atom is 0.341 e. The molecule has 0 spiro atoms. The van der Waals surface area contributed by atoms with Crippen LogP contribution >= 0.6 is 25.6 Å². The van der Waals surface area contributed by atoms with Gasteiger partial charge < -0.3 is 5.32 Å². The molecular weight excluding hydrogens is 192 g/mol. The molecule has 0 aliphatic heterocycles. The lowest BCUT2D eigenvalue weighted by molar-refractivity contribution is 0.250. The Hall–Kier alpha value is -0.810. The molecule has 0 aromatic heterocycles. The van der Waals surface area contributed by atoms with Gasteiger partial charge in [0.05, 0.1) is 0 Å². The van der Waals surface area contributed by atoms with Crippen LogP contribution in [0, 0.1) is 0 Å². The molecule has 0 fully saturated rings. The topological polar surface area (TPSA) is 32.3 Å². The van der Waals surface area contributed by atoms with Gasteiger partial charge in [0.1, 0.15) is 0 Å². The molecule has 0 saturated carbocycles. The summed E-state index contributed by atoms with van der Waals surface area (Å²) in [5, 5.41) is 2.58. The van der Waals surface area contributed by atoms with Crippen molar-refractivity contribution in [2.75, 3.05) is 5.32 Å². The molecule has 0 heterocycles. The number of urea groups is 1. The molecular formula is C7H8N2OS2. The highest BCUT2D eigenvalue weighted by atomic mass is 32.2. The van der Waals surface area contributed by atoms with E-state index in [1.165, 1.54) is 0 Å². The van der Waals surface area contributed by atoms with E-state index >= 15 is 0 Å². The summed E-state index contributed by atoms with van der Waals surface area (Å²) in [5.41, 5.74) is 0.718. The number of anilines is 1. The molecule has 1 aromatic rings. The third kappa shape index (κ3) is 2.67. The third-order valence-corrected chi connectivity index (χ3v) is 1.57. The van der Waals surface area contributed by atoms with Gasteiger partial charge in [-0.25, -0.2) is 8.51 Å². The molecule has 0 atom stereocenters. The quantitative estimate of drug-likeness (QED) is 0.597. The normalized spacial score (nSPS) is 9.17. The second kappa shape index (κ2) is 4.27. The summed E-state index contributed by atoms with van der Waals surface area (Å²) >= 11 is 7.42. The van der Waals surface area contributed by atoms with Crippen LogP contribution in [0.1, 0.15) is 0 Å². The smallest absolute Gasteiger partial charge is 0.306 e. The monoisotopic (exact) mass is 200 g/mol. The Morgan fingerprint density at radius 3 is 2.33 bits per heavy atom. The van der Waals surface area contributed by atoms with Crippen molar-refractivity contribution in [3.05, 3.63) is 30.3 Å². The summed E-state index contributed by atoms with van der Waals surface area (Å²) < 4.78 is 0.882. The number of nitrogens with zero attached hydrogens (tertiary/aromatic N) is 1. The average Bonchev–Trinajstić information content (AvgIpc) is 2.06. The molecule has 1 N–H and O–H groups in total. The Morgan fingerprint density at radius 1 is 1.25 bits per heavy atom. The maximum atomic E-state index is 11.0. The number of carbonyl (C=O) groups is 1. The van der Waals surface area contributed by atoms with E-state index < -0.39 is 0 Å². The minimum absolute atomic E-state index is 0.382. The van der Waals surface area contributed by atoms with E-state index in [2.05, 4.69) is 30.9 Å². The summed E-state index contributed by atoms with van der Waals surface area (Å²) in [7, 11) is 0. The minimum Gasteiger partial charge on any atom is -0.306 e. The first-order chi connectivity index (χ1) is 5.70. The van der Waals surface area contributed by atoms with Gasteiger partial charge >= 0.3 is 6.03 Å². The molecule has 0 aliphatic carbocycles. The van der Waals surface area contributed by atoms with Gasteiger partial charge in [-0.2, -0.15) is 0 Å². The van der Waals surface area contributed by atoms with Crippen LogP contribution in [0.5, 0.6) is 0 Å². The third-order valence-electron chi connectivity index (χ3n) is 1.21. The Bertz CT molecular complexity index is 263. The van der Waals surface area contributed by atoms with Crippen LogP contribution in [0.15, 0.2) is 30.3 Å². The van der Waals surface area contributed by atoms with Crippen molar-refractivity contribution in [2.45, 2.75) is 0 Å². The predicted molar refractivity (Wildman–Crippen MR) is 55.3 cm³/mol. The molecule has 12 heavy (non-hydrogen) atoms. The standard InChI is InChI=1S/C7H8N2OS2/c10-7(9(11)12)8-6-4-2-1-3-5-6/h1-5,11-12H,(H,8,10). The van der Waals surface area contributed by atoms with Gasteiger partial charge in [-0.3, -0.25) is 0 Å². The van der Waals surface area contributed by atoms with Crippen LogP contribution in [-0.2, 0) is 0 Å². The largest absolute Gasteiger partial charge is 0.341 e. The Kier molecular flexibility index (Phi) is 3.31. The summed E-state index contributed by atoms with van der Waals surface area (Å²) in [5.74, 6) is 0. The van der Waals surface area contributed by atoms with Crippen molar-refractivity contribution >= 4 is 37.3 Å². The van der Waals surface area contributed by atoms with Gasteiger partial charge in [-0.1, -0.05) is 43.8 Å². The fourth-order valence-electron chi connectivity index (χ4n) is 0.695. The molecule has 0 radical (unpaired) electrons. The van der Waals surface area contributed by atoms with Gasteiger partial charge in [-0.05, 0) is 12.1 Å². The highest BCUT2D eigenvalue weighted by Crippen LogP contribution is 2.08. The van der Waals surface area contributed by atoms with Crippen molar-refractivity contribution in [1.29, 1.82) is 0 Å². The number of thiol groups is 2. The second-order valence-electron chi connectivity index (χ2n) is 2.09. The number of hydrogen-bond donors (Lipinski definition) is 3. The fraction of sp³-hybridized carbons (Fsp3) is 0. The number of hydrogen-bond acceptors (Lipinski definition) is 3. The highest BCUT2D eigenvalue weighted by molar-refractivity contribution is 7.94. The number of nitrogens with one attached hydrogen (secondary N) is 1.